The Morgan fingerprint density at radius 1 is 0.786 bits per heavy atom. The lowest BCUT2D eigenvalue weighted by Gasteiger charge is -2.34. The number of para-hydroxylation sites is 1. The van der Waals surface area contributed by atoms with Crippen LogP contribution in [-0.2, 0) is 10.0 Å². The maximum atomic E-state index is 12.9. The highest BCUT2D eigenvalue weighted by atomic mass is 32.2. The van der Waals surface area contributed by atoms with E-state index in [9.17, 15) is 8.42 Å². The van der Waals surface area contributed by atoms with Crippen LogP contribution in [0.15, 0.2) is 77.8 Å². The molecule has 0 aliphatic carbocycles. The van der Waals surface area contributed by atoms with E-state index in [0.29, 0.717) is 37.7 Å². The van der Waals surface area contributed by atoms with Crippen LogP contribution < -0.4 is 9.64 Å². The van der Waals surface area contributed by atoms with E-state index < -0.39 is 10.0 Å². The van der Waals surface area contributed by atoms with Gasteiger partial charge in [-0.15, -0.1) is 5.10 Å². The van der Waals surface area contributed by atoms with Crippen LogP contribution in [0.1, 0.15) is 0 Å². The van der Waals surface area contributed by atoms with Crippen LogP contribution in [0.25, 0.3) is 0 Å². The number of hydrogen-bond donors (Lipinski definition) is 0. The molecule has 2 aromatic carbocycles. The number of benzene rings is 2. The second kappa shape index (κ2) is 7.95. The Hall–Kier alpha value is -2.97. The number of ether oxygens (including phenoxy) is 1. The molecule has 1 aliphatic rings. The molecule has 2 heterocycles. The summed E-state index contributed by atoms with van der Waals surface area (Å²) in [4.78, 5) is 2.30. The predicted molar refractivity (Wildman–Crippen MR) is 106 cm³/mol. The van der Waals surface area contributed by atoms with Gasteiger partial charge in [0, 0.05) is 32.4 Å². The Kier molecular flexibility index (Phi) is 5.23. The Labute approximate surface area is 164 Å². The fourth-order valence-corrected chi connectivity index (χ4v) is 4.50. The fraction of sp³-hybridized carbons (Fsp3) is 0.200. The number of piperazine rings is 1. The van der Waals surface area contributed by atoms with Gasteiger partial charge >= 0.3 is 0 Å². The largest absolute Gasteiger partial charge is 0.457 e. The lowest BCUT2D eigenvalue weighted by atomic mass is 10.3. The molecule has 0 N–H and O–H groups in total. The van der Waals surface area contributed by atoms with Crippen LogP contribution in [0, 0.1) is 0 Å². The van der Waals surface area contributed by atoms with Crippen molar-refractivity contribution in [2.24, 2.45) is 0 Å². The monoisotopic (exact) mass is 396 g/mol. The van der Waals surface area contributed by atoms with Crippen LogP contribution in [0.5, 0.6) is 11.5 Å². The average Bonchev–Trinajstić information content (AvgIpc) is 2.76. The number of anilines is 1. The molecule has 0 bridgehead atoms. The fourth-order valence-electron chi connectivity index (χ4n) is 3.07. The zero-order valence-electron chi connectivity index (χ0n) is 15.2. The van der Waals surface area contributed by atoms with Gasteiger partial charge in [-0.2, -0.15) is 9.40 Å². The Balaban J connectivity index is 1.42. The van der Waals surface area contributed by atoms with Gasteiger partial charge in [-0.25, -0.2) is 8.42 Å². The molecule has 0 atom stereocenters. The second-order valence-electron chi connectivity index (χ2n) is 6.36. The molecular formula is C20H20N4O3S. The number of rotatable bonds is 5. The van der Waals surface area contributed by atoms with Crippen molar-refractivity contribution < 1.29 is 13.2 Å². The van der Waals surface area contributed by atoms with Gasteiger partial charge < -0.3 is 9.64 Å². The molecule has 7 nitrogen and oxygen atoms in total. The molecule has 28 heavy (non-hydrogen) atoms. The van der Waals surface area contributed by atoms with Gasteiger partial charge in [-0.3, -0.25) is 0 Å². The first-order valence-electron chi connectivity index (χ1n) is 8.99. The molecule has 1 saturated heterocycles. The van der Waals surface area contributed by atoms with Crippen molar-refractivity contribution in [3.63, 3.8) is 0 Å². The van der Waals surface area contributed by atoms with Crippen molar-refractivity contribution in [2.45, 2.75) is 4.90 Å². The van der Waals surface area contributed by atoms with E-state index in [1.54, 1.807) is 30.5 Å². The minimum absolute atomic E-state index is 0.265. The Morgan fingerprint density at radius 2 is 1.46 bits per heavy atom. The number of nitrogens with zero attached hydrogens (tertiary/aromatic N) is 4. The van der Waals surface area contributed by atoms with Gasteiger partial charge in [0.25, 0.3) is 0 Å². The van der Waals surface area contributed by atoms with Crippen molar-refractivity contribution in [1.82, 2.24) is 14.5 Å². The van der Waals surface area contributed by atoms with Crippen molar-refractivity contribution in [3.8, 4) is 11.5 Å². The Morgan fingerprint density at radius 3 is 2.11 bits per heavy atom. The molecule has 8 heteroatoms. The quantitative estimate of drug-likeness (QED) is 0.660. The molecule has 144 valence electrons. The van der Waals surface area contributed by atoms with Gasteiger partial charge in [0.05, 0.1) is 4.90 Å². The summed E-state index contributed by atoms with van der Waals surface area (Å²) in [5.74, 6) is 2.07. The topological polar surface area (TPSA) is 75.6 Å². The molecule has 0 saturated carbocycles. The summed E-state index contributed by atoms with van der Waals surface area (Å²) in [6, 6.07) is 19.6. The summed E-state index contributed by atoms with van der Waals surface area (Å²) in [5.41, 5.74) is 0. The number of hydrogen-bond acceptors (Lipinski definition) is 6. The number of aromatic nitrogens is 2. The first-order chi connectivity index (χ1) is 13.6. The lowest BCUT2D eigenvalue weighted by molar-refractivity contribution is 0.383. The third kappa shape index (κ3) is 3.97. The van der Waals surface area contributed by atoms with E-state index in [2.05, 4.69) is 10.2 Å². The van der Waals surface area contributed by atoms with E-state index in [0.717, 1.165) is 5.82 Å². The molecule has 1 aromatic heterocycles. The first-order valence-corrected chi connectivity index (χ1v) is 10.4. The van der Waals surface area contributed by atoms with Gasteiger partial charge in [-0.05, 0) is 48.5 Å². The average molecular weight is 396 g/mol. The van der Waals surface area contributed by atoms with Crippen LogP contribution in [0.4, 0.5) is 5.82 Å². The molecular weight excluding hydrogens is 376 g/mol. The molecule has 4 rings (SSSR count). The standard InChI is InChI=1S/C20H20N4O3S/c25-28(26,24-15-13-23(14-16-24)20-7-4-12-21-22-20)19-10-8-18(9-11-19)27-17-5-2-1-3-6-17/h1-12H,13-16H2. The van der Waals surface area contributed by atoms with E-state index in [1.165, 1.54) is 4.31 Å². The van der Waals surface area contributed by atoms with Crippen LogP contribution in [0.2, 0.25) is 0 Å². The smallest absolute Gasteiger partial charge is 0.243 e. The minimum atomic E-state index is -3.54. The maximum absolute atomic E-state index is 12.9. The zero-order valence-corrected chi connectivity index (χ0v) is 16.0. The molecule has 1 aliphatic heterocycles. The third-order valence-corrected chi connectivity index (χ3v) is 6.47. The highest BCUT2D eigenvalue weighted by molar-refractivity contribution is 7.89. The molecule has 0 unspecified atom stereocenters. The van der Waals surface area contributed by atoms with E-state index in [4.69, 9.17) is 4.74 Å². The highest BCUT2D eigenvalue weighted by Crippen LogP contribution is 2.25. The lowest BCUT2D eigenvalue weighted by Crippen LogP contribution is -2.48. The maximum Gasteiger partial charge on any atom is 0.243 e. The van der Waals surface area contributed by atoms with Crippen LogP contribution >= 0.6 is 0 Å². The highest BCUT2D eigenvalue weighted by Gasteiger charge is 2.29. The molecule has 0 spiro atoms. The molecule has 1 fully saturated rings. The van der Waals surface area contributed by atoms with Crippen LogP contribution in [-0.4, -0.2) is 49.1 Å². The van der Waals surface area contributed by atoms with Crippen LogP contribution in [0.3, 0.4) is 0 Å². The summed E-state index contributed by atoms with van der Waals surface area (Å²) in [6.07, 6.45) is 1.62. The summed E-state index contributed by atoms with van der Waals surface area (Å²) >= 11 is 0. The molecule has 0 radical (unpaired) electrons. The van der Waals surface area contributed by atoms with Crippen molar-refractivity contribution >= 4 is 15.8 Å². The summed E-state index contributed by atoms with van der Waals surface area (Å²) in [7, 11) is -3.54. The second-order valence-corrected chi connectivity index (χ2v) is 8.30. The minimum Gasteiger partial charge on any atom is -0.457 e. The van der Waals surface area contributed by atoms with Crippen molar-refractivity contribution in [2.75, 3.05) is 31.1 Å². The first kappa shape index (κ1) is 18.4. The van der Waals surface area contributed by atoms with E-state index >= 15 is 0 Å². The normalized spacial score (nSPS) is 15.4. The summed E-state index contributed by atoms with van der Waals surface area (Å²) in [5, 5.41) is 7.96. The molecule has 0 amide bonds. The van der Waals surface area contributed by atoms with Gasteiger partial charge in [0.15, 0.2) is 5.82 Å². The van der Waals surface area contributed by atoms with Gasteiger partial charge in [0.2, 0.25) is 10.0 Å². The molecule has 3 aromatic rings. The predicted octanol–water partition coefficient (Wildman–Crippen LogP) is 2.78. The van der Waals surface area contributed by atoms with E-state index in [-0.39, 0.29) is 4.90 Å². The van der Waals surface area contributed by atoms with E-state index in [1.807, 2.05) is 47.4 Å². The van der Waals surface area contributed by atoms with Gasteiger partial charge in [0.1, 0.15) is 11.5 Å². The van der Waals surface area contributed by atoms with Crippen molar-refractivity contribution in [1.29, 1.82) is 0 Å². The summed E-state index contributed by atoms with van der Waals surface area (Å²) < 4.78 is 33.1. The summed E-state index contributed by atoms with van der Waals surface area (Å²) in [6.45, 7) is 1.96. The van der Waals surface area contributed by atoms with Gasteiger partial charge in [-0.1, -0.05) is 18.2 Å². The SMILES string of the molecule is O=S(=O)(c1ccc(Oc2ccccc2)cc1)N1CCN(c2cccnn2)CC1. The third-order valence-electron chi connectivity index (χ3n) is 4.56. The Bertz CT molecular complexity index is 1000. The number of sulfonamides is 1. The van der Waals surface area contributed by atoms with Crippen molar-refractivity contribution in [3.05, 3.63) is 72.9 Å². The zero-order chi connectivity index (χ0) is 19.4.